The average Bonchev–Trinajstić information content (AvgIpc) is 2.59. The Morgan fingerprint density at radius 2 is 2.40 bits per heavy atom. The fourth-order valence-corrected chi connectivity index (χ4v) is 1.91. The molecule has 0 bridgehead atoms. The molecule has 0 atom stereocenters. The van der Waals surface area contributed by atoms with Crippen LogP contribution in [0.5, 0.6) is 0 Å². The van der Waals surface area contributed by atoms with Gasteiger partial charge in [-0.15, -0.1) is 17.3 Å². The Morgan fingerprint density at radius 3 is 3.07 bits per heavy atom. The number of hydrogen-bond acceptors (Lipinski definition) is 3. The Labute approximate surface area is 93.9 Å². The van der Waals surface area contributed by atoms with Crippen LogP contribution in [0.1, 0.15) is 18.7 Å². The first kappa shape index (κ1) is 11.8. The molecule has 0 aliphatic heterocycles. The van der Waals surface area contributed by atoms with Crippen molar-refractivity contribution in [1.82, 2.24) is 5.32 Å². The van der Waals surface area contributed by atoms with Crippen LogP contribution in [-0.4, -0.2) is 12.5 Å². The topological polar surface area (TPSA) is 41.1 Å². The van der Waals surface area contributed by atoms with Crippen molar-refractivity contribution >= 4 is 22.9 Å². The zero-order chi connectivity index (χ0) is 11.1. The lowest BCUT2D eigenvalue weighted by Crippen LogP contribution is -2.14. The van der Waals surface area contributed by atoms with Gasteiger partial charge in [0, 0.05) is 18.3 Å². The molecule has 1 rings (SSSR count). The van der Waals surface area contributed by atoms with Gasteiger partial charge in [-0.25, -0.2) is 0 Å². The molecule has 0 radical (unpaired) electrons. The number of rotatable bonds is 4. The number of carbonyl (C=O) groups is 1. The van der Waals surface area contributed by atoms with Gasteiger partial charge in [0.2, 0.25) is 5.91 Å². The van der Waals surface area contributed by atoms with Crippen LogP contribution in [0.15, 0.2) is 11.4 Å². The number of nitrogens with one attached hydrogen (secondary N) is 2. The van der Waals surface area contributed by atoms with E-state index in [4.69, 9.17) is 0 Å². The minimum Gasteiger partial charge on any atom is -0.325 e. The molecule has 0 fully saturated rings. The highest BCUT2D eigenvalue weighted by atomic mass is 32.1. The first-order valence-corrected chi connectivity index (χ1v) is 5.56. The van der Waals surface area contributed by atoms with Crippen LogP contribution >= 0.6 is 11.3 Å². The first-order chi connectivity index (χ1) is 7.24. The van der Waals surface area contributed by atoms with Gasteiger partial charge in [0.15, 0.2) is 0 Å². The van der Waals surface area contributed by atoms with Crippen molar-refractivity contribution in [2.24, 2.45) is 0 Å². The summed E-state index contributed by atoms with van der Waals surface area (Å²) in [5.74, 6) is 5.70. The molecule has 80 valence electrons. The van der Waals surface area contributed by atoms with Crippen LogP contribution < -0.4 is 10.6 Å². The lowest BCUT2D eigenvalue weighted by atomic mass is 10.3. The number of hydrogen-bond donors (Lipinski definition) is 2. The van der Waals surface area contributed by atoms with Crippen LogP contribution in [0.25, 0.3) is 0 Å². The monoisotopic (exact) mass is 222 g/mol. The Bertz CT molecular complexity index is 387. The molecule has 1 aromatic rings. The van der Waals surface area contributed by atoms with E-state index in [0.29, 0.717) is 6.54 Å². The van der Waals surface area contributed by atoms with Crippen LogP contribution in [0.4, 0.5) is 5.69 Å². The number of amides is 1. The molecule has 0 spiro atoms. The van der Waals surface area contributed by atoms with Crippen LogP contribution in [-0.2, 0) is 11.3 Å². The van der Waals surface area contributed by atoms with Gasteiger partial charge in [0.1, 0.15) is 0 Å². The third kappa shape index (κ3) is 4.15. The molecule has 0 aliphatic rings. The highest BCUT2D eigenvalue weighted by molar-refractivity contribution is 7.10. The molecule has 1 aromatic heterocycles. The first-order valence-electron chi connectivity index (χ1n) is 4.68. The van der Waals surface area contributed by atoms with Crippen molar-refractivity contribution in [2.45, 2.75) is 20.4 Å². The molecule has 3 nitrogen and oxygen atoms in total. The quantitative estimate of drug-likeness (QED) is 0.602. The van der Waals surface area contributed by atoms with Gasteiger partial charge < -0.3 is 10.6 Å². The summed E-state index contributed by atoms with van der Waals surface area (Å²) < 4.78 is 0. The summed E-state index contributed by atoms with van der Waals surface area (Å²) in [6.45, 7) is 4.74. The van der Waals surface area contributed by atoms with Crippen molar-refractivity contribution in [3.63, 3.8) is 0 Å². The molecule has 15 heavy (non-hydrogen) atoms. The third-order valence-corrected chi connectivity index (χ3v) is 2.65. The third-order valence-electron chi connectivity index (χ3n) is 1.73. The zero-order valence-electron chi connectivity index (χ0n) is 8.89. The normalized spacial score (nSPS) is 9.20. The van der Waals surface area contributed by atoms with Crippen LogP contribution in [0, 0.1) is 11.8 Å². The molecule has 0 saturated heterocycles. The van der Waals surface area contributed by atoms with Gasteiger partial charge in [-0.05, 0) is 18.4 Å². The summed E-state index contributed by atoms with van der Waals surface area (Å²) in [7, 11) is 0. The van der Waals surface area contributed by atoms with Gasteiger partial charge in [0.25, 0.3) is 0 Å². The van der Waals surface area contributed by atoms with Gasteiger partial charge in [-0.2, -0.15) is 0 Å². The summed E-state index contributed by atoms with van der Waals surface area (Å²) >= 11 is 1.62. The number of carbonyl (C=O) groups excluding carboxylic acids is 1. The molecular formula is C11H14N2OS. The molecule has 0 aromatic carbocycles. The maximum Gasteiger partial charge on any atom is 0.221 e. The van der Waals surface area contributed by atoms with E-state index in [-0.39, 0.29) is 5.91 Å². The summed E-state index contributed by atoms with van der Waals surface area (Å²) in [6, 6.07) is 1.91. The summed E-state index contributed by atoms with van der Waals surface area (Å²) in [5.41, 5.74) is 0.893. The highest BCUT2D eigenvalue weighted by Crippen LogP contribution is 2.21. The minimum absolute atomic E-state index is 0.0389. The molecular weight excluding hydrogens is 208 g/mol. The molecule has 2 N–H and O–H groups in total. The predicted molar refractivity (Wildman–Crippen MR) is 63.8 cm³/mol. The molecule has 1 amide bonds. The van der Waals surface area contributed by atoms with Crippen molar-refractivity contribution in [2.75, 3.05) is 11.9 Å². The van der Waals surface area contributed by atoms with Crippen molar-refractivity contribution in [3.05, 3.63) is 16.3 Å². The SMILES string of the molecule is CC#CCNCc1sccc1NC(C)=O. The van der Waals surface area contributed by atoms with E-state index in [1.807, 2.05) is 18.4 Å². The summed E-state index contributed by atoms with van der Waals surface area (Å²) in [4.78, 5) is 12.0. The van der Waals surface area contributed by atoms with E-state index in [2.05, 4.69) is 22.5 Å². The second-order valence-corrected chi connectivity index (χ2v) is 3.97. The van der Waals surface area contributed by atoms with Gasteiger partial charge >= 0.3 is 0 Å². The smallest absolute Gasteiger partial charge is 0.221 e. The Morgan fingerprint density at radius 1 is 1.60 bits per heavy atom. The van der Waals surface area contributed by atoms with Crippen molar-refractivity contribution in [1.29, 1.82) is 0 Å². The van der Waals surface area contributed by atoms with E-state index in [1.165, 1.54) is 6.92 Å². The number of thiophene rings is 1. The van der Waals surface area contributed by atoms with E-state index in [9.17, 15) is 4.79 Å². The lowest BCUT2D eigenvalue weighted by molar-refractivity contribution is -0.114. The molecule has 4 heteroatoms. The van der Waals surface area contributed by atoms with Gasteiger partial charge in [-0.3, -0.25) is 4.79 Å². The standard InChI is InChI=1S/C11H14N2OS/c1-3-4-6-12-8-11-10(5-7-15-11)13-9(2)14/h5,7,12H,6,8H2,1-2H3,(H,13,14). The lowest BCUT2D eigenvalue weighted by Gasteiger charge is -2.03. The summed E-state index contributed by atoms with van der Waals surface area (Å²) in [6.07, 6.45) is 0. The Balaban J connectivity index is 2.48. The maximum atomic E-state index is 10.9. The fraction of sp³-hybridized carbons (Fsp3) is 0.364. The highest BCUT2D eigenvalue weighted by Gasteiger charge is 2.04. The molecule has 0 saturated carbocycles. The second kappa shape index (κ2) is 6.23. The molecule has 0 unspecified atom stereocenters. The molecule has 0 aliphatic carbocycles. The molecule has 1 heterocycles. The predicted octanol–water partition coefficient (Wildman–Crippen LogP) is 1.82. The fourth-order valence-electron chi connectivity index (χ4n) is 1.11. The minimum atomic E-state index is -0.0389. The van der Waals surface area contributed by atoms with E-state index in [1.54, 1.807) is 11.3 Å². The average molecular weight is 222 g/mol. The van der Waals surface area contributed by atoms with E-state index < -0.39 is 0 Å². The van der Waals surface area contributed by atoms with Crippen LogP contribution in [0.3, 0.4) is 0 Å². The maximum absolute atomic E-state index is 10.9. The van der Waals surface area contributed by atoms with Gasteiger partial charge in [-0.1, -0.05) is 5.92 Å². The van der Waals surface area contributed by atoms with Crippen LogP contribution in [0.2, 0.25) is 0 Å². The largest absolute Gasteiger partial charge is 0.325 e. The summed E-state index contributed by atoms with van der Waals surface area (Å²) in [5, 5.41) is 7.94. The van der Waals surface area contributed by atoms with Crippen molar-refractivity contribution in [3.8, 4) is 11.8 Å². The van der Waals surface area contributed by atoms with E-state index >= 15 is 0 Å². The van der Waals surface area contributed by atoms with E-state index in [0.717, 1.165) is 17.1 Å². The second-order valence-electron chi connectivity index (χ2n) is 2.97. The number of anilines is 1. The Hall–Kier alpha value is -1.31. The Kier molecular flexibility index (Phi) is 4.88. The van der Waals surface area contributed by atoms with Gasteiger partial charge in [0.05, 0.1) is 12.2 Å². The van der Waals surface area contributed by atoms with Crippen molar-refractivity contribution < 1.29 is 4.79 Å². The zero-order valence-corrected chi connectivity index (χ0v) is 9.70.